The van der Waals surface area contributed by atoms with E-state index in [1.807, 2.05) is 37.3 Å². The number of benzene rings is 1. The lowest BCUT2D eigenvalue weighted by atomic mass is 10.1. The van der Waals surface area contributed by atoms with Gasteiger partial charge in [0.15, 0.2) is 0 Å². The molecule has 4 heteroatoms. The van der Waals surface area contributed by atoms with E-state index in [-0.39, 0.29) is 0 Å². The highest BCUT2D eigenvalue weighted by molar-refractivity contribution is 9.10. The van der Waals surface area contributed by atoms with Crippen molar-refractivity contribution >= 4 is 22.3 Å². The number of aromatic nitrogens is 2. The molecule has 0 radical (unpaired) electrons. The van der Waals surface area contributed by atoms with Crippen molar-refractivity contribution in [3.8, 4) is 11.3 Å². The monoisotopic (exact) mass is 278 g/mol. The minimum absolute atomic E-state index is 0.737. The van der Waals surface area contributed by atoms with Crippen molar-refractivity contribution in [2.24, 2.45) is 0 Å². The Labute approximate surface area is 102 Å². The van der Waals surface area contributed by atoms with Crippen LogP contribution in [0.2, 0.25) is 0 Å². The zero-order chi connectivity index (χ0) is 11.5. The molecule has 0 amide bonds. The summed E-state index contributed by atoms with van der Waals surface area (Å²) in [5.41, 5.74) is 2.77. The average molecular weight is 279 g/mol. The number of carbonyl (C=O) groups excluding carboxylic acids is 1. The molecule has 2 rings (SSSR count). The number of nitrogens with zero attached hydrogens (tertiary/aromatic N) is 2. The molecule has 0 spiro atoms. The normalized spacial score (nSPS) is 10.4. The van der Waals surface area contributed by atoms with Gasteiger partial charge in [-0.25, -0.2) is 4.68 Å². The lowest BCUT2D eigenvalue weighted by Gasteiger charge is -1.95. The van der Waals surface area contributed by atoms with Gasteiger partial charge < -0.3 is 0 Å². The predicted octanol–water partition coefficient (Wildman–Crippen LogP) is 2.91. The first-order chi connectivity index (χ1) is 7.74. The Hall–Kier alpha value is -1.42. The summed E-state index contributed by atoms with van der Waals surface area (Å²) >= 11 is 3.38. The summed E-state index contributed by atoms with van der Waals surface area (Å²) in [5, 5.41) is 4.23. The number of carbonyl (C=O) groups is 1. The molecule has 2 aromatic rings. The van der Waals surface area contributed by atoms with Crippen LogP contribution in [-0.4, -0.2) is 16.2 Å². The summed E-state index contributed by atoms with van der Waals surface area (Å²) in [6.07, 6.45) is 1.53. The third-order valence-electron chi connectivity index (χ3n) is 2.42. The van der Waals surface area contributed by atoms with Crippen molar-refractivity contribution in [3.63, 3.8) is 0 Å². The van der Waals surface area contributed by atoms with Crippen molar-refractivity contribution in [1.82, 2.24) is 9.78 Å². The Morgan fingerprint density at radius 3 is 2.56 bits per heavy atom. The van der Waals surface area contributed by atoms with E-state index in [1.54, 1.807) is 0 Å². The van der Waals surface area contributed by atoms with Gasteiger partial charge >= 0.3 is 0 Å². The number of rotatable bonds is 3. The highest BCUT2D eigenvalue weighted by Gasteiger charge is 2.07. The van der Waals surface area contributed by atoms with Gasteiger partial charge in [0.1, 0.15) is 0 Å². The lowest BCUT2D eigenvalue weighted by Crippen LogP contribution is -2.01. The van der Waals surface area contributed by atoms with Crippen molar-refractivity contribution in [2.75, 3.05) is 0 Å². The van der Waals surface area contributed by atoms with Crippen LogP contribution in [0.3, 0.4) is 0 Å². The summed E-state index contributed by atoms with van der Waals surface area (Å²) in [6.45, 7) is 2.00. The summed E-state index contributed by atoms with van der Waals surface area (Å²) < 4.78 is 2.42. The van der Waals surface area contributed by atoms with Crippen molar-refractivity contribution in [3.05, 3.63) is 40.5 Å². The zero-order valence-electron chi connectivity index (χ0n) is 8.85. The van der Waals surface area contributed by atoms with Gasteiger partial charge in [-0.2, -0.15) is 5.10 Å². The molecule has 1 heterocycles. The molecule has 0 unspecified atom stereocenters. The van der Waals surface area contributed by atoms with Crippen LogP contribution in [-0.2, 0) is 11.2 Å². The van der Waals surface area contributed by atoms with Crippen molar-refractivity contribution < 1.29 is 4.79 Å². The Kier molecular flexibility index (Phi) is 3.19. The van der Waals surface area contributed by atoms with Crippen LogP contribution in [0.5, 0.6) is 0 Å². The maximum atomic E-state index is 10.8. The number of hydrogen-bond donors (Lipinski definition) is 0. The molecular formula is C12H11BrN2O. The van der Waals surface area contributed by atoms with E-state index in [0.29, 0.717) is 0 Å². The second-order valence-corrected chi connectivity index (χ2v) is 4.35. The first-order valence-electron chi connectivity index (χ1n) is 5.04. The molecular weight excluding hydrogens is 268 g/mol. The fourth-order valence-electron chi connectivity index (χ4n) is 1.55. The van der Waals surface area contributed by atoms with Gasteiger partial charge in [0, 0.05) is 15.7 Å². The summed E-state index contributed by atoms with van der Waals surface area (Å²) in [6, 6.07) is 9.81. The fourth-order valence-corrected chi connectivity index (χ4v) is 1.81. The van der Waals surface area contributed by atoms with E-state index < -0.39 is 0 Å². The number of hydrogen-bond acceptors (Lipinski definition) is 2. The highest BCUT2D eigenvalue weighted by atomic mass is 79.9. The van der Waals surface area contributed by atoms with Crippen LogP contribution in [0.25, 0.3) is 11.3 Å². The van der Waals surface area contributed by atoms with Gasteiger partial charge in [-0.3, -0.25) is 4.79 Å². The van der Waals surface area contributed by atoms with Crippen LogP contribution < -0.4 is 0 Å². The summed E-state index contributed by atoms with van der Waals surface area (Å²) in [7, 11) is 0. The molecule has 0 aliphatic heterocycles. The quantitative estimate of drug-likeness (QED) is 0.810. The standard InChI is InChI=1S/C12H11BrN2O/c1-2-11-7-12(14-15(11)8-16)9-3-5-10(13)6-4-9/h3-8H,2H2,1H3. The van der Waals surface area contributed by atoms with Crippen LogP contribution in [0.4, 0.5) is 0 Å². The Bertz CT molecular complexity index is 502. The van der Waals surface area contributed by atoms with E-state index in [2.05, 4.69) is 21.0 Å². The fraction of sp³-hybridized carbons (Fsp3) is 0.167. The molecule has 1 aromatic carbocycles. The summed E-state index contributed by atoms with van der Waals surface area (Å²) in [4.78, 5) is 10.8. The second-order valence-electron chi connectivity index (χ2n) is 3.43. The molecule has 0 fully saturated rings. The molecule has 0 saturated heterocycles. The largest absolute Gasteiger partial charge is 0.276 e. The predicted molar refractivity (Wildman–Crippen MR) is 66.9 cm³/mol. The van der Waals surface area contributed by atoms with Gasteiger partial charge in [0.25, 0.3) is 0 Å². The summed E-state index contributed by atoms with van der Waals surface area (Å²) in [5.74, 6) is 0. The zero-order valence-corrected chi connectivity index (χ0v) is 10.4. The molecule has 0 atom stereocenters. The molecule has 0 N–H and O–H groups in total. The van der Waals surface area contributed by atoms with Crippen LogP contribution in [0.1, 0.15) is 12.6 Å². The van der Waals surface area contributed by atoms with Gasteiger partial charge in [-0.1, -0.05) is 35.0 Å². The van der Waals surface area contributed by atoms with E-state index >= 15 is 0 Å². The first-order valence-corrected chi connectivity index (χ1v) is 5.83. The molecule has 0 aliphatic carbocycles. The Morgan fingerprint density at radius 2 is 2.06 bits per heavy atom. The van der Waals surface area contributed by atoms with Crippen LogP contribution in [0, 0.1) is 0 Å². The number of aryl methyl sites for hydroxylation is 1. The lowest BCUT2D eigenvalue weighted by molar-refractivity contribution is 0.538. The van der Waals surface area contributed by atoms with E-state index in [9.17, 15) is 4.79 Å². The van der Waals surface area contributed by atoms with Crippen molar-refractivity contribution in [2.45, 2.75) is 13.3 Å². The van der Waals surface area contributed by atoms with Gasteiger partial charge in [0.05, 0.1) is 5.69 Å². The molecule has 0 saturated carbocycles. The topological polar surface area (TPSA) is 34.9 Å². The molecule has 82 valence electrons. The number of halogens is 1. The average Bonchev–Trinajstić information content (AvgIpc) is 2.73. The van der Waals surface area contributed by atoms with E-state index in [1.165, 1.54) is 4.68 Å². The Balaban J connectivity index is 2.44. The molecule has 1 aromatic heterocycles. The molecule has 0 aliphatic rings. The van der Waals surface area contributed by atoms with Crippen LogP contribution >= 0.6 is 15.9 Å². The van der Waals surface area contributed by atoms with Gasteiger partial charge in [-0.15, -0.1) is 0 Å². The third kappa shape index (κ3) is 2.07. The SMILES string of the molecule is CCc1cc(-c2ccc(Br)cc2)nn1C=O. The van der Waals surface area contributed by atoms with Gasteiger partial charge in [0.2, 0.25) is 6.41 Å². The van der Waals surface area contributed by atoms with E-state index in [4.69, 9.17) is 0 Å². The van der Waals surface area contributed by atoms with Gasteiger partial charge in [-0.05, 0) is 24.6 Å². The third-order valence-corrected chi connectivity index (χ3v) is 2.94. The minimum Gasteiger partial charge on any atom is -0.276 e. The highest BCUT2D eigenvalue weighted by Crippen LogP contribution is 2.21. The molecule has 0 bridgehead atoms. The maximum absolute atomic E-state index is 10.8. The Morgan fingerprint density at radius 1 is 1.38 bits per heavy atom. The first kappa shape index (κ1) is 11.1. The van der Waals surface area contributed by atoms with E-state index in [0.717, 1.165) is 34.3 Å². The maximum Gasteiger partial charge on any atom is 0.234 e. The molecule has 3 nitrogen and oxygen atoms in total. The molecule has 16 heavy (non-hydrogen) atoms. The smallest absolute Gasteiger partial charge is 0.234 e. The van der Waals surface area contributed by atoms with Crippen LogP contribution in [0.15, 0.2) is 34.8 Å². The van der Waals surface area contributed by atoms with Crippen molar-refractivity contribution in [1.29, 1.82) is 0 Å². The second kappa shape index (κ2) is 4.61. The minimum atomic E-state index is 0.737.